The largest absolute Gasteiger partial charge is 0.293 e. The van der Waals surface area contributed by atoms with Gasteiger partial charge in [0.2, 0.25) is 0 Å². The van der Waals surface area contributed by atoms with Gasteiger partial charge in [0.25, 0.3) is 0 Å². The number of Topliss-reactive ketones (excluding diaryl/α,β-unsaturated/α-hetero) is 1. The van der Waals surface area contributed by atoms with E-state index in [-0.39, 0.29) is 10.7 Å². The Hall–Kier alpha value is -0.980. The van der Waals surface area contributed by atoms with Crippen LogP contribution in [0.25, 0.3) is 0 Å². The average Bonchev–Trinajstić information content (AvgIpc) is 2.68. The Morgan fingerprint density at radius 3 is 2.50 bits per heavy atom. The summed E-state index contributed by atoms with van der Waals surface area (Å²) in [6.07, 6.45) is 0. The fourth-order valence-corrected chi connectivity index (χ4v) is 4.65. The fourth-order valence-electron chi connectivity index (χ4n) is 1.90. The lowest BCUT2D eigenvalue weighted by Gasteiger charge is -2.04. The number of carbonyl (C=O) groups excluding carboxylic acids is 1. The summed E-state index contributed by atoms with van der Waals surface area (Å²) in [6.45, 7) is 3.73. The van der Waals surface area contributed by atoms with Crippen molar-refractivity contribution in [3.05, 3.63) is 50.1 Å². The highest BCUT2D eigenvalue weighted by molar-refractivity contribution is 9.10. The van der Waals surface area contributed by atoms with E-state index in [2.05, 4.69) is 15.9 Å². The van der Waals surface area contributed by atoms with Gasteiger partial charge in [-0.3, -0.25) is 4.79 Å². The van der Waals surface area contributed by atoms with Crippen molar-refractivity contribution in [1.29, 1.82) is 0 Å². The van der Waals surface area contributed by atoms with Crippen LogP contribution in [0.3, 0.4) is 0 Å². The van der Waals surface area contributed by atoms with E-state index in [0.717, 1.165) is 9.75 Å². The van der Waals surface area contributed by atoms with E-state index in [0.29, 0.717) is 10.0 Å². The van der Waals surface area contributed by atoms with Crippen LogP contribution in [0.5, 0.6) is 0 Å². The first-order chi connectivity index (χ1) is 9.29. The van der Waals surface area contributed by atoms with Crippen LogP contribution in [0.4, 0.5) is 0 Å². The molecule has 0 atom stereocenters. The molecular formula is C14H13BrO3S2. The molecule has 106 valence electrons. The zero-order valence-corrected chi connectivity index (χ0v) is 14.2. The lowest BCUT2D eigenvalue weighted by Crippen LogP contribution is -2.16. The summed E-state index contributed by atoms with van der Waals surface area (Å²) in [6, 6.07) is 8.14. The van der Waals surface area contributed by atoms with E-state index in [1.54, 1.807) is 18.2 Å². The Labute approximate surface area is 130 Å². The van der Waals surface area contributed by atoms with Gasteiger partial charge in [-0.15, -0.1) is 11.3 Å². The monoisotopic (exact) mass is 372 g/mol. The number of ketones is 1. The first kappa shape index (κ1) is 15.4. The molecule has 0 aliphatic carbocycles. The predicted octanol–water partition coefficient (Wildman–Crippen LogP) is 3.78. The van der Waals surface area contributed by atoms with Crippen molar-refractivity contribution in [1.82, 2.24) is 0 Å². The second-order valence-electron chi connectivity index (χ2n) is 4.47. The second kappa shape index (κ2) is 5.79. The number of sulfone groups is 1. The topological polar surface area (TPSA) is 51.2 Å². The molecule has 1 heterocycles. The highest BCUT2D eigenvalue weighted by Crippen LogP contribution is 2.23. The van der Waals surface area contributed by atoms with Crippen LogP contribution in [0.1, 0.15) is 20.1 Å². The summed E-state index contributed by atoms with van der Waals surface area (Å²) >= 11 is 4.73. The first-order valence-electron chi connectivity index (χ1n) is 5.88. The van der Waals surface area contributed by atoms with Crippen LogP contribution in [0.2, 0.25) is 0 Å². The van der Waals surface area contributed by atoms with Crippen molar-refractivity contribution in [2.45, 2.75) is 18.7 Å². The maximum absolute atomic E-state index is 12.2. The zero-order chi connectivity index (χ0) is 14.9. The number of halogens is 1. The van der Waals surface area contributed by atoms with Crippen molar-refractivity contribution in [2.75, 3.05) is 5.75 Å². The molecular weight excluding hydrogens is 360 g/mol. The minimum Gasteiger partial charge on any atom is -0.293 e. The Balaban J connectivity index is 2.29. The third kappa shape index (κ3) is 3.37. The van der Waals surface area contributed by atoms with Gasteiger partial charge in [0.1, 0.15) is 5.75 Å². The second-order valence-corrected chi connectivity index (χ2v) is 8.83. The Morgan fingerprint density at radius 2 is 1.95 bits per heavy atom. The third-order valence-corrected chi connectivity index (χ3v) is 5.89. The highest BCUT2D eigenvalue weighted by Gasteiger charge is 2.22. The number of rotatable bonds is 4. The smallest absolute Gasteiger partial charge is 0.185 e. The van der Waals surface area contributed by atoms with Crippen molar-refractivity contribution in [3.63, 3.8) is 0 Å². The Kier molecular flexibility index (Phi) is 4.46. The van der Waals surface area contributed by atoms with Gasteiger partial charge in [-0.2, -0.15) is 0 Å². The number of carbonyl (C=O) groups is 1. The molecule has 0 saturated heterocycles. The van der Waals surface area contributed by atoms with E-state index in [1.165, 1.54) is 23.5 Å². The van der Waals surface area contributed by atoms with Gasteiger partial charge in [0.15, 0.2) is 15.6 Å². The van der Waals surface area contributed by atoms with E-state index < -0.39 is 15.6 Å². The molecule has 2 aromatic rings. The molecule has 0 fully saturated rings. The first-order valence-corrected chi connectivity index (χ1v) is 9.14. The maximum atomic E-state index is 12.2. The van der Waals surface area contributed by atoms with E-state index >= 15 is 0 Å². The quantitative estimate of drug-likeness (QED) is 0.767. The van der Waals surface area contributed by atoms with Crippen LogP contribution in [-0.4, -0.2) is 20.0 Å². The van der Waals surface area contributed by atoms with Crippen molar-refractivity contribution < 1.29 is 13.2 Å². The van der Waals surface area contributed by atoms with Crippen LogP contribution in [0, 0.1) is 13.8 Å². The minimum absolute atomic E-state index is 0.157. The average molecular weight is 373 g/mol. The number of aryl methyl sites for hydroxylation is 2. The number of hydrogen-bond donors (Lipinski definition) is 0. The summed E-state index contributed by atoms with van der Waals surface area (Å²) in [5.74, 6) is -0.854. The molecule has 0 radical (unpaired) electrons. The molecule has 6 heteroatoms. The summed E-state index contributed by atoms with van der Waals surface area (Å²) in [5.41, 5.74) is 0.506. The van der Waals surface area contributed by atoms with Crippen molar-refractivity contribution >= 4 is 42.9 Å². The lowest BCUT2D eigenvalue weighted by molar-refractivity contribution is 0.102. The molecule has 0 saturated carbocycles. The molecule has 0 amide bonds. The Morgan fingerprint density at radius 1 is 1.25 bits per heavy atom. The highest BCUT2D eigenvalue weighted by atomic mass is 79.9. The molecule has 0 aliphatic heterocycles. The zero-order valence-electron chi connectivity index (χ0n) is 11.0. The number of benzene rings is 1. The van der Waals surface area contributed by atoms with Gasteiger partial charge < -0.3 is 0 Å². The maximum Gasteiger partial charge on any atom is 0.185 e. The van der Waals surface area contributed by atoms with Crippen molar-refractivity contribution in [2.24, 2.45) is 0 Å². The van der Waals surface area contributed by atoms with Crippen LogP contribution in [0.15, 0.2) is 39.7 Å². The molecule has 1 aromatic heterocycles. The summed E-state index contributed by atoms with van der Waals surface area (Å²) in [5, 5.41) is 0. The summed E-state index contributed by atoms with van der Waals surface area (Å²) in [4.78, 5) is 14.2. The van der Waals surface area contributed by atoms with E-state index in [1.807, 2.05) is 13.8 Å². The van der Waals surface area contributed by atoms with E-state index in [9.17, 15) is 13.2 Å². The molecule has 1 aromatic carbocycles. The predicted molar refractivity (Wildman–Crippen MR) is 84.3 cm³/mol. The fraction of sp³-hybridized carbons (Fsp3) is 0.214. The summed E-state index contributed by atoms with van der Waals surface area (Å²) in [7, 11) is -3.61. The molecule has 3 nitrogen and oxygen atoms in total. The molecule has 0 unspecified atom stereocenters. The van der Waals surface area contributed by atoms with Gasteiger partial charge in [0.05, 0.1) is 4.90 Å². The third-order valence-electron chi connectivity index (χ3n) is 2.82. The van der Waals surface area contributed by atoms with Crippen LogP contribution in [-0.2, 0) is 9.84 Å². The van der Waals surface area contributed by atoms with E-state index in [4.69, 9.17) is 0 Å². The molecule has 2 rings (SSSR count). The van der Waals surface area contributed by atoms with Crippen LogP contribution >= 0.6 is 27.3 Å². The Bertz CT molecular complexity index is 760. The molecule has 20 heavy (non-hydrogen) atoms. The van der Waals surface area contributed by atoms with Gasteiger partial charge >= 0.3 is 0 Å². The molecule has 0 bridgehead atoms. The molecule has 0 N–H and O–H groups in total. The van der Waals surface area contributed by atoms with Gasteiger partial charge in [-0.1, -0.05) is 22.0 Å². The standard InChI is InChI=1S/C14H13BrO3S2/c1-9-6-13(10(2)19-9)14(16)8-20(17,18)12-5-3-4-11(15)7-12/h3-7H,8H2,1-2H3. The van der Waals surface area contributed by atoms with Gasteiger partial charge in [-0.05, 0) is 38.1 Å². The van der Waals surface area contributed by atoms with Gasteiger partial charge in [-0.25, -0.2) is 8.42 Å². The van der Waals surface area contributed by atoms with Gasteiger partial charge in [0, 0.05) is 19.8 Å². The molecule has 0 aliphatic rings. The lowest BCUT2D eigenvalue weighted by atomic mass is 10.2. The van der Waals surface area contributed by atoms with Crippen LogP contribution < -0.4 is 0 Å². The molecule has 0 spiro atoms. The number of hydrogen-bond acceptors (Lipinski definition) is 4. The minimum atomic E-state index is -3.61. The number of thiophene rings is 1. The summed E-state index contributed by atoms with van der Waals surface area (Å²) < 4.78 is 25.2. The van der Waals surface area contributed by atoms with Crippen molar-refractivity contribution in [3.8, 4) is 0 Å². The SMILES string of the molecule is Cc1cc(C(=O)CS(=O)(=O)c2cccc(Br)c2)c(C)s1. The normalized spacial score (nSPS) is 11.6.